The summed E-state index contributed by atoms with van der Waals surface area (Å²) in [4.78, 5) is 2.49. The highest BCUT2D eigenvalue weighted by atomic mass is 32.2. The van der Waals surface area contributed by atoms with E-state index in [0.717, 1.165) is 16.9 Å². The first kappa shape index (κ1) is 12.3. The maximum Gasteiger partial charge on any atom is 0.192 e. The molecule has 2 aliphatic heterocycles. The molecule has 4 rings (SSSR count). The number of hydrogen-bond donors (Lipinski definition) is 1. The van der Waals surface area contributed by atoms with Crippen LogP contribution < -0.4 is 5.32 Å². The molecule has 1 saturated heterocycles. The lowest BCUT2D eigenvalue weighted by atomic mass is 10.1. The molecule has 2 aromatic carbocycles. The summed E-state index contributed by atoms with van der Waals surface area (Å²) in [7, 11) is 0. The van der Waals surface area contributed by atoms with E-state index in [1.807, 2.05) is 13.0 Å². The van der Waals surface area contributed by atoms with Crippen LogP contribution in [-0.2, 0) is 15.3 Å². The van der Waals surface area contributed by atoms with Crippen molar-refractivity contribution in [2.24, 2.45) is 0 Å². The van der Waals surface area contributed by atoms with Gasteiger partial charge in [0, 0.05) is 15.4 Å². The van der Waals surface area contributed by atoms with Crippen molar-refractivity contribution in [2.45, 2.75) is 22.5 Å². The first-order valence-corrected chi connectivity index (χ1v) is 7.53. The van der Waals surface area contributed by atoms with Crippen LogP contribution in [0.5, 0.6) is 0 Å². The molecule has 102 valence electrons. The van der Waals surface area contributed by atoms with Crippen LogP contribution in [0.4, 0.5) is 11.4 Å². The van der Waals surface area contributed by atoms with E-state index in [-0.39, 0.29) is 0 Å². The number of para-hydroxylation sites is 1. The Kier molecular flexibility index (Phi) is 2.77. The van der Waals surface area contributed by atoms with Gasteiger partial charge in [0.1, 0.15) is 0 Å². The third-order valence-electron chi connectivity index (χ3n) is 3.72. The highest BCUT2D eigenvalue weighted by Gasteiger charge is 2.33. The molecule has 20 heavy (non-hydrogen) atoms. The Morgan fingerprint density at radius 3 is 2.60 bits per heavy atom. The van der Waals surface area contributed by atoms with Crippen molar-refractivity contribution >= 4 is 23.1 Å². The van der Waals surface area contributed by atoms with Gasteiger partial charge in [-0.1, -0.05) is 30.0 Å². The van der Waals surface area contributed by atoms with E-state index in [0.29, 0.717) is 13.2 Å². The lowest BCUT2D eigenvalue weighted by Crippen LogP contribution is -2.22. The molecule has 0 aliphatic carbocycles. The first-order chi connectivity index (χ1) is 9.74. The molecule has 2 aromatic rings. The topological polar surface area (TPSA) is 30.5 Å². The van der Waals surface area contributed by atoms with Crippen LogP contribution in [-0.4, -0.2) is 13.2 Å². The van der Waals surface area contributed by atoms with Crippen molar-refractivity contribution in [3.8, 4) is 0 Å². The van der Waals surface area contributed by atoms with E-state index in [1.165, 1.54) is 9.79 Å². The van der Waals surface area contributed by atoms with E-state index in [4.69, 9.17) is 9.47 Å². The number of anilines is 2. The summed E-state index contributed by atoms with van der Waals surface area (Å²) in [5.74, 6) is -0.613. The molecule has 3 nitrogen and oxygen atoms in total. The average Bonchev–Trinajstić information content (AvgIpc) is 2.92. The summed E-state index contributed by atoms with van der Waals surface area (Å²) in [6, 6.07) is 14.7. The summed E-state index contributed by atoms with van der Waals surface area (Å²) in [6.07, 6.45) is 0. The molecular weight excluding hydrogens is 270 g/mol. The minimum absolute atomic E-state index is 0.613. The van der Waals surface area contributed by atoms with Gasteiger partial charge in [0.05, 0.1) is 24.6 Å². The van der Waals surface area contributed by atoms with Crippen LogP contribution >= 0.6 is 11.8 Å². The molecular formula is C16H15NO2S. The smallest absolute Gasteiger partial charge is 0.192 e. The maximum atomic E-state index is 5.73. The molecule has 0 unspecified atom stereocenters. The van der Waals surface area contributed by atoms with E-state index >= 15 is 0 Å². The second kappa shape index (κ2) is 4.52. The standard InChI is InChI=1S/C16H15NO2S/c1-16(18-8-9-19-16)11-6-7-15-13(10-11)17-12-4-2-3-5-14(12)20-15/h2-7,10,17H,8-9H2,1H3. The van der Waals surface area contributed by atoms with Gasteiger partial charge in [0.2, 0.25) is 0 Å². The minimum Gasteiger partial charge on any atom is -0.354 e. The van der Waals surface area contributed by atoms with Crippen LogP contribution in [0.2, 0.25) is 0 Å². The quantitative estimate of drug-likeness (QED) is 0.728. The number of benzene rings is 2. The molecule has 2 aliphatic rings. The predicted octanol–water partition coefficient (Wildman–Crippen LogP) is 4.11. The van der Waals surface area contributed by atoms with Gasteiger partial charge < -0.3 is 14.8 Å². The molecule has 0 atom stereocenters. The Labute approximate surface area is 122 Å². The summed E-state index contributed by atoms with van der Waals surface area (Å²) >= 11 is 1.79. The SMILES string of the molecule is CC1(c2ccc3c(c2)Nc2ccccc2S3)OCCO1. The monoisotopic (exact) mass is 285 g/mol. The summed E-state index contributed by atoms with van der Waals surface area (Å²) < 4.78 is 11.5. The van der Waals surface area contributed by atoms with Gasteiger partial charge in [-0.3, -0.25) is 0 Å². The highest BCUT2D eigenvalue weighted by molar-refractivity contribution is 7.99. The van der Waals surface area contributed by atoms with Gasteiger partial charge >= 0.3 is 0 Å². The zero-order valence-corrected chi connectivity index (χ0v) is 12.0. The van der Waals surface area contributed by atoms with Crippen molar-refractivity contribution in [1.82, 2.24) is 0 Å². The Hall–Kier alpha value is -1.49. The fraction of sp³-hybridized carbons (Fsp3) is 0.250. The van der Waals surface area contributed by atoms with Gasteiger partial charge in [-0.2, -0.15) is 0 Å². The third-order valence-corrected chi connectivity index (χ3v) is 4.87. The zero-order chi connectivity index (χ0) is 13.6. The average molecular weight is 285 g/mol. The van der Waals surface area contributed by atoms with Gasteiger partial charge in [0.25, 0.3) is 0 Å². The molecule has 0 bridgehead atoms. The van der Waals surface area contributed by atoms with E-state index in [9.17, 15) is 0 Å². The van der Waals surface area contributed by atoms with Crippen LogP contribution in [0.3, 0.4) is 0 Å². The predicted molar refractivity (Wildman–Crippen MR) is 79.5 cm³/mol. The summed E-state index contributed by atoms with van der Waals surface area (Å²) in [6.45, 7) is 3.28. The van der Waals surface area contributed by atoms with Crippen molar-refractivity contribution in [2.75, 3.05) is 18.5 Å². The van der Waals surface area contributed by atoms with E-state index in [1.54, 1.807) is 11.8 Å². The zero-order valence-electron chi connectivity index (χ0n) is 11.2. The Bertz CT molecular complexity index is 665. The van der Waals surface area contributed by atoms with Crippen LogP contribution in [0.25, 0.3) is 0 Å². The van der Waals surface area contributed by atoms with E-state index in [2.05, 4.69) is 41.7 Å². The van der Waals surface area contributed by atoms with Crippen molar-refractivity contribution in [1.29, 1.82) is 0 Å². The van der Waals surface area contributed by atoms with Crippen LogP contribution in [0.1, 0.15) is 12.5 Å². The minimum atomic E-state index is -0.613. The first-order valence-electron chi connectivity index (χ1n) is 6.71. The number of ether oxygens (including phenoxy) is 2. The Balaban J connectivity index is 1.73. The van der Waals surface area contributed by atoms with E-state index < -0.39 is 5.79 Å². The van der Waals surface area contributed by atoms with Gasteiger partial charge in [-0.25, -0.2) is 0 Å². The molecule has 1 N–H and O–H groups in total. The molecule has 2 heterocycles. The molecule has 4 heteroatoms. The normalized spacial score (nSPS) is 19.1. The third kappa shape index (κ3) is 1.92. The highest BCUT2D eigenvalue weighted by Crippen LogP contribution is 2.45. The maximum absolute atomic E-state index is 5.73. The second-order valence-electron chi connectivity index (χ2n) is 5.08. The number of hydrogen-bond acceptors (Lipinski definition) is 4. The molecule has 0 radical (unpaired) electrons. The lowest BCUT2D eigenvalue weighted by molar-refractivity contribution is -0.149. The number of nitrogens with one attached hydrogen (secondary N) is 1. The van der Waals surface area contributed by atoms with Gasteiger partial charge in [0.15, 0.2) is 5.79 Å². The van der Waals surface area contributed by atoms with Crippen LogP contribution in [0, 0.1) is 0 Å². The molecule has 0 amide bonds. The lowest BCUT2D eigenvalue weighted by Gasteiger charge is -2.26. The summed E-state index contributed by atoms with van der Waals surface area (Å²) in [5.41, 5.74) is 3.33. The number of fused-ring (bicyclic) bond motifs is 2. The van der Waals surface area contributed by atoms with Gasteiger partial charge in [-0.05, 0) is 31.2 Å². The Morgan fingerprint density at radius 1 is 1.00 bits per heavy atom. The molecule has 0 spiro atoms. The van der Waals surface area contributed by atoms with Crippen molar-refractivity contribution in [3.05, 3.63) is 48.0 Å². The largest absolute Gasteiger partial charge is 0.354 e. The molecule has 0 aromatic heterocycles. The van der Waals surface area contributed by atoms with Crippen LogP contribution in [0.15, 0.2) is 52.3 Å². The molecule has 0 saturated carbocycles. The van der Waals surface area contributed by atoms with Crippen molar-refractivity contribution in [3.63, 3.8) is 0 Å². The number of rotatable bonds is 1. The summed E-state index contributed by atoms with van der Waals surface area (Å²) in [5, 5.41) is 3.49. The Morgan fingerprint density at radius 2 is 1.75 bits per heavy atom. The fourth-order valence-corrected chi connectivity index (χ4v) is 3.57. The second-order valence-corrected chi connectivity index (χ2v) is 6.16. The van der Waals surface area contributed by atoms with Crippen molar-refractivity contribution < 1.29 is 9.47 Å². The van der Waals surface area contributed by atoms with Gasteiger partial charge in [-0.15, -0.1) is 0 Å². The fourth-order valence-electron chi connectivity index (χ4n) is 2.60. The molecule has 1 fully saturated rings.